The number of hydrogen-bond donors (Lipinski definition) is 0. The van der Waals surface area contributed by atoms with Gasteiger partial charge in [-0.2, -0.15) is 0 Å². The normalized spacial score (nSPS) is 10.5. The number of benzene rings is 1. The Balaban J connectivity index is 0.00000133. The van der Waals surface area contributed by atoms with Crippen LogP contribution >= 0.6 is 28.6 Å². The molecule has 0 bridgehead atoms. The van der Waals surface area contributed by atoms with E-state index >= 15 is 0 Å². The molecule has 0 saturated carbocycles. The molecule has 1 aromatic carbocycles. The van der Waals surface area contributed by atoms with Crippen molar-refractivity contribution in [2.24, 2.45) is 0 Å². The molecule has 4 heteroatoms. The molecule has 0 fully saturated rings. The molecule has 0 spiro atoms. The maximum Gasteiger partial charge on any atom is 0.137 e. The summed E-state index contributed by atoms with van der Waals surface area (Å²) in [5.74, 6) is 0. The lowest BCUT2D eigenvalue weighted by Gasteiger charge is -2.02. The van der Waals surface area contributed by atoms with Crippen LogP contribution in [-0.2, 0) is 0 Å². The molecular weight excluding hydrogens is 324 g/mol. The second kappa shape index (κ2) is 5.35. The first-order valence-electron chi connectivity index (χ1n) is 5.85. The van der Waals surface area contributed by atoms with Crippen LogP contribution in [0.3, 0.4) is 0 Å². The zero-order chi connectivity index (χ0) is 12.7. The van der Waals surface area contributed by atoms with Crippen LogP contribution in [0.2, 0.25) is 5.02 Å². The molecule has 2 nitrogen and oxygen atoms in total. The van der Waals surface area contributed by atoms with E-state index in [9.17, 15) is 0 Å². The Labute approximate surface area is 127 Å². The van der Waals surface area contributed by atoms with Gasteiger partial charge in [-0.25, -0.2) is 4.98 Å². The number of aryl methyl sites for hydroxylation is 2. The zero-order valence-electron chi connectivity index (χ0n) is 10.7. The SMILES string of the molecule is Br.Cc1ccc(-c2cn3cc(Cl)ccc3n2)c(C)c1. The van der Waals surface area contributed by atoms with E-state index in [4.69, 9.17) is 11.6 Å². The Bertz CT molecular complexity index is 734. The van der Waals surface area contributed by atoms with Crippen molar-refractivity contribution in [2.75, 3.05) is 0 Å². The van der Waals surface area contributed by atoms with Gasteiger partial charge >= 0.3 is 0 Å². The van der Waals surface area contributed by atoms with Gasteiger partial charge in [0.2, 0.25) is 0 Å². The Hall–Kier alpha value is -1.32. The van der Waals surface area contributed by atoms with Crippen molar-refractivity contribution in [1.82, 2.24) is 9.38 Å². The topological polar surface area (TPSA) is 17.3 Å². The molecule has 19 heavy (non-hydrogen) atoms. The van der Waals surface area contributed by atoms with Crippen molar-refractivity contribution in [3.8, 4) is 11.3 Å². The third-order valence-corrected chi connectivity index (χ3v) is 3.30. The first-order chi connectivity index (χ1) is 8.63. The first kappa shape index (κ1) is 14.1. The van der Waals surface area contributed by atoms with Gasteiger partial charge in [0, 0.05) is 18.0 Å². The molecule has 0 aliphatic carbocycles. The maximum atomic E-state index is 5.98. The van der Waals surface area contributed by atoms with E-state index in [0.717, 1.165) is 11.3 Å². The van der Waals surface area contributed by atoms with Gasteiger partial charge < -0.3 is 4.40 Å². The predicted molar refractivity (Wildman–Crippen MR) is 85.4 cm³/mol. The van der Waals surface area contributed by atoms with E-state index in [0.29, 0.717) is 5.02 Å². The molecule has 0 radical (unpaired) electrons. The van der Waals surface area contributed by atoms with Crippen molar-refractivity contribution >= 4 is 34.2 Å². The van der Waals surface area contributed by atoms with Crippen LogP contribution in [0.1, 0.15) is 11.1 Å². The summed E-state index contributed by atoms with van der Waals surface area (Å²) < 4.78 is 1.96. The summed E-state index contributed by atoms with van der Waals surface area (Å²) in [7, 11) is 0. The molecular formula is C15H14BrClN2. The number of halogens is 2. The molecule has 0 saturated heterocycles. The highest BCUT2D eigenvalue weighted by molar-refractivity contribution is 8.93. The number of pyridine rings is 1. The van der Waals surface area contributed by atoms with Gasteiger partial charge in [-0.15, -0.1) is 17.0 Å². The molecule has 3 aromatic rings. The van der Waals surface area contributed by atoms with Crippen LogP contribution in [-0.4, -0.2) is 9.38 Å². The van der Waals surface area contributed by atoms with E-state index in [1.165, 1.54) is 16.7 Å². The quantitative estimate of drug-likeness (QED) is 0.620. The third-order valence-electron chi connectivity index (χ3n) is 3.07. The third kappa shape index (κ3) is 2.67. The monoisotopic (exact) mass is 336 g/mol. The lowest BCUT2D eigenvalue weighted by atomic mass is 10.0. The second-order valence-electron chi connectivity index (χ2n) is 4.56. The number of rotatable bonds is 1. The fourth-order valence-electron chi connectivity index (χ4n) is 2.20. The van der Waals surface area contributed by atoms with Gasteiger partial charge in [0.1, 0.15) is 5.65 Å². The Morgan fingerprint density at radius 1 is 1.05 bits per heavy atom. The largest absolute Gasteiger partial charge is 0.305 e. The Kier molecular flexibility index (Phi) is 3.97. The van der Waals surface area contributed by atoms with Gasteiger partial charge in [-0.05, 0) is 31.5 Å². The Morgan fingerprint density at radius 2 is 1.84 bits per heavy atom. The molecule has 0 atom stereocenters. The lowest BCUT2D eigenvalue weighted by Crippen LogP contribution is -1.84. The molecule has 0 aliphatic heterocycles. The summed E-state index contributed by atoms with van der Waals surface area (Å²) in [6, 6.07) is 10.2. The van der Waals surface area contributed by atoms with Crippen LogP contribution in [0.4, 0.5) is 0 Å². The minimum atomic E-state index is 0. The highest BCUT2D eigenvalue weighted by atomic mass is 79.9. The first-order valence-corrected chi connectivity index (χ1v) is 6.23. The highest BCUT2D eigenvalue weighted by Crippen LogP contribution is 2.24. The maximum absolute atomic E-state index is 5.98. The predicted octanol–water partition coefficient (Wildman–Crippen LogP) is 4.85. The van der Waals surface area contributed by atoms with Crippen molar-refractivity contribution < 1.29 is 0 Å². The number of aromatic nitrogens is 2. The van der Waals surface area contributed by atoms with E-state index in [1.807, 2.05) is 28.9 Å². The lowest BCUT2D eigenvalue weighted by molar-refractivity contribution is 1.19. The highest BCUT2D eigenvalue weighted by Gasteiger charge is 2.07. The minimum absolute atomic E-state index is 0. The molecule has 98 valence electrons. The smallest absolute Gasteiger partial charge is 0.137 e. The molecule has 2 heterocycles. The molecule has 2 aromatic heterocycles. The fraction of sp³-hybridized carbons (Fsp3) is 0.133. The van der Waals surface area contributed by atoms with Crippen LogP contribution in [0, 0.1) is 13.8 Å². The van der Waals surface area contributed by atoms with E-state index < -0.39 is 0 Å². The molecule has 0 unspecified atom stereocenters. The second-order valence-corrected chi connectivity index (χ2v) is 4.99. The van der Waals surface area contributed by atoms with Crippen molar-refractivity contribution in [3.63, 3.8) is 0 Å². The average molecular weight is 338 g/mol. The molecule has 0 N–H and O–H groups in total. The van der Waals surface area contributed by atoms with Gasteiger partial charge in [0.15, 0.2) is 0 Å². The van der Waals surface area contributed by atoms with Gasteiger partial charge in [0.25, 0.3) is 0 Å². The number of imidazole rings is 1. The summed E-state index contributed by atoms with van der Waals surface area (Å²) >= 11 is 5.98. The van der Waals surface area contributed by atoms with Crippen LogP contribution in [0.15, 0.2) is 42.7 Å². The van der Waals surface area contributed by atoms with Gasteiger partial charge in [-0.1, -0.05) is 35.4 Å². The molecule has 3 rings (SSSR count). The molecule has 0 amide bonds. The van der Waals surface area contributed by atoms with Gasteiger partial charge in [0.05, 0.1) is 10.7 Å². The number of fused-ring (bicyclic) bond motifs is 1. The summed E-state index contributed by atoms with van der Waals surface area (Å²) in [4.78, 5) is 4.62. The summed E-state index contributed by atoms with van der Waals surface area (Å²) in [6.07, 6.45) is 3.88. The summed E-state index contributed by atoms with van der Waals surface area (Å²) in [5, 5.41) is 0.715. The molecule has 0 aliphatic rings. The van der Waals surface area contributed by atoms with E-state index in [2.05, 4.69) is 37.0 Å². The van der Waals surface area contributed by atoms with E-state index in [-0.39, 0.29) is 17.0 Å². The number of hydrogen-bond acceptors (Lipinski definition) is 1. The fourth-order valence-corrected chi connectivity index (χ4v) is 2.36. The van der Waals surface area contributed by atoms with Gasteiger partial charge in [-0.3, -0.25) is 0 Å². The zero-order valence-corrected chi connectivity index (χ0v) is 13.2. The summed E-state index contributed by atoms with van der Waals surface area (Å²) in [6.45, 7) is 4.21. The Morgan fingerprint density at radius 3 is 2.58 bits per heavy atom. The minimum Gasteiger partial charge on any atom is -0.305 e. The van der Waals surface area contributed by atoms with Crippen LogP contribution in [0.25, 0.3) is 16.9 Å². The number of nitrogens with zero attached hydrogens (tertiary/aromatic N) is 2. The van der Waals surface area contributed by atoms with Crippen molar-refractivity contribution in [3.05, 3.63) is 58.9 Å². The van der Waals surface area contributed by atoms with Crippen molar-refractivity contribution in [2.45, 2.75) is 13.8 Å². The van der Waals surface area contributed by atoms with Crippen LogP contribution in [0.5, 0.6) is 0 Å². The summed E-state index contributed by atoms with van der Waals surface area (Å²) in [5.41, 5.74) is 5.57. The van der Waals surface area contributed by atoms with E-state index in [1.54, 1.807) is 0 Å². The standard InChI is InChI=1S/C15H13ClN2.BrH/c1-10-3-5-13(11(2)7-10)14-9-18-8-12(16)4-6-15(18)17-14;/h3-9H,1-2H3;1H. The average Bonchev–Trinajstić information content (AvgIpc) is 2.71. The van der Waals surface area contributed by atoms with Crippen molar-refractivity contribution in [1.29, 1.82) is 0 Å². The van der Waals surface area contributed by atoms with Crippen LogP contribution < -0.4 is 0 Å².